The molecule has 1 aliphatic rings. The number of ether oxygens (including phenoxy) is 1. The van der Waals surface area contributed by atoms with Gasteiger partial charge in [0, 0.05) is 16.9 Å². The number of carbonyl (C=O) groups excluding carboxylic acids is 2. The molecule has 31 heavy (non-hydrogen) atoms. The summed E-state index contributed by atoms with van der Waals surface area (Å²) in [6.45, 7) is 3.93. The van der Waals surface area contributed by atoms with E-state index in [1.54, 1.807) is 68.5 Å². The smallest absolute Gasteiger partial charge is 0.353 e. The highest BCUT2D eigenvalue weighted by molar-refractivity contribution is 7.57. The second kappa shape index (κ2) is 10.8. The van der Waals surface area contributed by atoms with Crippen LogP contribution in [0.1, 0.15) is 41.0 Å². The van der Waals surface area contributed by atoms with E-state index in [0.717, 1.165) is 0 Å². The van der Waals surface area contributed by atoms with Gasteiger partial charge in [0.1, 0.15) is 6.10 Å². The number of hydrogen-bond acceptors (Lipinski definition) is 6. The Kier molecular flexibility index (Phi) is 8.10. The summed E-state index contributed by atoms with van der Waals surface area (Å²) in [5, 5.41) is 0. The summed E-state index contributed by atoms with van der Waals surface area (Å²) in [4.78, 5) is 26.3. The lowest BCUT2D eigenvalue weighted by molar-refractivity contribution is 0.0413. The van der Waals surface area contributed by atoms with E-state index in [9.17, 15) is 14.2 Å². The fourth-order valence-corrected chi connectivity index (χ4v) is 4.96. The number of hydrogen-bond donors (Lipinski definition) is 0. The molecule has 164 valence electrons. The van der Waals surface area contributed by atoms with Crippen molar-refractivity contribution in [3.63, 3.8) is 0 Å². The molecule has 3 rings (SSSR count). The summed E-state index contributed by atoms with van der Waals surface area (Å²) >= 11 is 0. The van der Waals surface area contributed by atoms with Crippen LogP contribution >= 0.6 is 7.60 Å². The minimum absolute atomic E-state index is 0.149. The summed E-state index contributed by atoms with van der Waals surface area (Å²) in [5.41, 5.74) is 1.01. The first-order valence-corrected chi connectivity index (χ1v) is 12.0. The van der Waals surface area contributed by atoms with Gasteiger partial charge in [-0.05, 0) is 26.3 Å². The van der Waals surface area contributed by atoms with Gasteiger partial charge in [-0.15, -0.1) is 0 Å². The van der Waals surface area contributed by atoms with Crippen molar-refractivity contribution < 1.29 is 27.9 Å². The molecule has 6 nitrogen and oxygen atoms in total. The van der Waals surface area contributed by atoms with E-state index in [1.807, 2.05) is 12.1 Å². The fraction of sp³-hybridized carbons (Fsp3) is 0.333. The minimum atomic E-state index is -3.41. The van der Waals surface area contributed by atoms with Gasteiger partial charge in [-0.3, -0.25) is 14.2 Å². The molecule has 0 N–H and O–H groups in total. The van der Waals surface area contributed by atoms with E-state index >= 15 is 0 Å². The van der Waals surface area contributed by atoms with Crippen LogP contribution in [-0.4, -0.2) is 37.0 Å². The summed E-state index contributed by atoms with van der Waals surface area (Å²) in [6, 6.07) is 17.6. The lowest BCUT2D eigenvalue weighted by Gasteiger charge is -2.16. The van der Waals surface area contributed by atoms with Crippen molar-refractivity contribution in [3.05, 3.63) is 83.7 Å². The Balaban J connectivity index is 1.86. The van der Waals surface area contributed by atoms with Gasteiger partial charge in [-0.1, -0.05) is 60.7 Å². The average molecular weight is 442 g/mol. The zero-order valence-corrected chi connectivity index (χ0v) is 18.6. The molecule has 0 amide bonds. The van der Waals surface area contributed by atoms with Crippen LogP contribution in [0.3, 0.4) is 0 Å². The van der Waals surface area contributed by atoms with Gasteiger partial charge in [0.2, 0.25) is 0 Å². The predicted octanol–water partition coefficient (Wildman–Crippen LogP) is 5.31. The fourth-order valence-electron chi connectivity index (χ4n) is 3.59. The molecule has 2 aromatic carbocycles. The molecule has 7 heteroatoms. The second-order valence-corrected chi connectivity index (χ2v) is 9.01. The Morgan fingerprint density at radius 1 is 0.935 bits per heavy atom. The van der Waals surface area contributed by atoms with E-state index in [-0.39, 0.29) is 24.8 Å². The van der Waals surface area contributed by atoms with Gasteiger partial charge in [-0.25, -0.2) is 0 Å². The molecule has 0 spiro atoms. The molecule has 1 saturated heterocycles. The van der Waals surface area contributed by atoms with Crippen LogP contribution in [0.5, 0.6) is 0 Å². The molecule has 3 unspecified atom stereocenters. The van der Waals surface area contributed by atoms with Gasteiger partial charge in [0.25, 0.3) is 0 Å². The maximum atomic E-state index is 13.2. The summed E-state index contributed by atoms with van der Waals surface area (Å²) in [5.74, 6) is 0.319. The van der Waals surface area contributed by atoms with Gasteiger partial charge in [0.15, 0.2) is 11.6 Å². The first kappa shape index (κ1) is 23.3. The van der Waals surface area contributed by atoms with Crippen LogP contribution in [-0.2, 0) is 18.3 Å². The van der Waals surface area contributed by atoms with Gasteiger partial charge in [-0.2, -0.15) is 0 Å². The SMILES string of the molecule is CCOP(=O)(/C=C/C1CC(C(=O)c2ccccc2)C(C(=O)c2ccccc2)O1)OCC. The zero-order valence-electron chi connectivity index (χ0n) is 17.7. The quantitative estimate of drug-likeness (QED) is 0.367. The first-order chi connectivity index (χ1) is 15.0. The summed E-state index contributed by atoms with van der Waals surface area (Å²) in [7, 11) is -3.41. The molecular weight excluding hydrogens is 415 g/mol. The van der Waals surface area contributed by atoms with Crippen molar-refractivity contribution in [1.82, 2.24) is 0 Å². The zero-order chi connectivity index (χ0) is 22.3. The maximum Gasteiger partial charge on any atom is 0.353 e. The molecule has 1 fully saturated rings. The molecule has 1 heterocycles. The summed E-state index contributed by atoms with van der Waals surface area (Å²) in [6.07, 6.45) is 0.384. The average Bonchev–Trinajstić information content (AvgIpc) is 3.23. The van der Waals surface area contributed by atoms with E-state index < -0.39 is 25.7 Å². The molecule has 0 aromatic heterocycles. The molecule has 0 saturated carbocycles. The van der Waals surface area contributed by atoms with Gasteiger partial charge < -0.3 is 13.8 Å². The monoisotopic (exact) mass is 442 g/mol. The molecule has 2 aromatic rings. The second-order valence-electron chi connectivity index (χ2n) is 7.11. The highest BCUT2D eigenvalue weighted by Crippen LogP contribution is 2.50. The highest BCUT2D eigenvalue weighted by atomic mass is 31.2. The molecule has 0 radical (unpaired) electrons. The molecule has 1 aliphatic heterocycles. The Bertz CT molecular complexity index is 887. The van der Waals surface area contributed by atoms with Crippen LogP contribution in [0.4, 0.5) is 0 Å². The van der Waals surface area contributed by atoms with Crippen LogP contribution in [0.15, 0.2) is 72.6 Å². The van der Waals surface area contributed by atoms with E-state index in [1.165, 1.54) is 5.82 Å². The van der Waals surface area contributed by atoms with E-state index in [2.05, 4.69) is 0 Å². The van der Waals surface area contributed by atoms with E-state index in [0.29, 0.717) is 17.5 Å². The van der Waals surface area contributed by atoms with Crippen molar-refractivity contribution >= 4 is 19.2 Å². The predicted molar refractivity (Wildman–Crippen MR) is 118 cm³/mol. The Morgan fingerprint density at radius 3 is 1.97 bits per heavy atom. The lowest BCUT2D eigenvalue weighted by Crippen LogP contribution is -2.32. The van der Waals surface area contributed by atoms with Gasteiger partial charge in [0.05, 0.1) is 25.2 Å². The first-order valence-electron chi connectivity index (χ1n) is 10.4. The lowest BCUT2D eigenvalue weighted by atomic mass is 9.87. The number of rotatable bonds is 10. The topological polar surface area (TPSA) is 78.9 Å². The van der Waals surface area contributed by atoms with Crippen molar-refractivity contribution in [2.45, 2.75) is 32.5 Å². The van der Waals surface area contributed by atoms with Gasteiger partial charge >= 0.3 is 7.60 Å². The van der Waals surface area contributed by atoms with Crippen molar-refractivity contribution in [2.75, 3.05) is 13.2 Å². The number of benzene rings is 2. The molecule has 0 aliphatic carbocycles. The third kappa shape index (κ3) is 5.86. The Morgan fingerprint density at radius 2 is 1.45 bits per heavy atom. The highest BCUT2D eigenvalue weighted by Gasteiger charge is 2.43. The number of ketones is 2. The number of carbonyl (C=O) groups is 2. The Hall–Kier alpha value is -2.37. The molecular formula is C24H27O6P. The Labute approximate surface area is 182 Å². The van der Waals surface area contributed by atoms with Crippen LogP contribution in [0.25, 0.3) is 0 Å². The minimum Gasteiger partial charge on any atom is -0.362 e. The van der Waals surface area contributed by atoms with Crippen LogP contribution in [0.2, 0.25) is 0 Å². The van der Waals surface area contributed by atoms with Crippen molar-refractivity contribution in [3.8, 4) is 0 Å². The van der Waals surface area contributed by atoms with Crippen LogP contribution < -0.4 is 0 Å². The largest absolute Gasteiger partial charge is 0.362 e. The molecule has 3 atom stereocenters. The third-order valence-corrected chi connectivity index (χ3v) is 6.76. The molecule has 0 bridgehead atoms. The standard InChI is InChI=1S/C24H27O6P/c1-3-28-31(27,29-4-2)16-15-20-17-21(22(25)18-11-7-5-8-12-18)24(30-20)23(26)19-13-9-6-10-14-19/h5-16,20-21,24H,3-4,17H2,1-2H3/b16-15+. The normalized spacial score (nSPS) is 21.4. The third-order valence-electron chi connectivity index (χ3n) is 4.99. The maximum absolute atomic E-state index is 13.2. The van der Waals surface area contributed by atoms with Crippen molar-refractivity contribution in [2.24, 2.45) is 5.92 Å². The van der Waals surface area contributed by atoms with E-state index in [4.69, 9.17) is 13.8 Å². The van der Waals surface area contributed by atoms with Crippen LogP contribution in [0, 0.1) is 5.92 Å². The summed E-state index contributed by atoms with van der Waals surface area (Å²) < 4.78 is 29.3. The number of Topliss-reactive ketones (excluding diaryl/α,β-unsaturated/α-hetero) is 2. The van der Waals surface area contributed by atoms with Crippen molar-refractivity contribution in [1.29, 1.82) is 0 Å².